The van der Waals surface area contributed by atoms with E-state index in [-0.39, 0.29) is 35.2 Å². The van der Waals surface area contributed by atoms with Gasteiger partial charge in [-0.15, -0.1) is 0 Å². The molecule has 0 spiro atoms. The fourth-order valence-electron chi connectivity index (χ4n) is 4.61. The van der Waals surface area contributed by atoms with Gasteiger partial charge in [0.05, 0.1) is 17.8 Å². The molecule has 0 bridgehead atoms. The molecule has 1 atom stereocenters. The SMILES string of the molecule is Cc1c(C(=O)O)ccc2c1CC[C@@H]2NC(=O)c1cc(C(=O)NCc2ccc(F)c(F)c2)nc2ccnn12. The first-order valence-corrected chi connectivity index (χ1v) is 11.5. The second-order valence-electron chi connectivity index (χ2n) is 8.73. The second kappa shape index (κ2) is 9.41. The normalized spacial score (nSPS) is 14.4. The molecule has 0 saturated carbocycles. The van der Waals surface area contributed by atoms with E-state index in [9.17, 15) is 28.3 Å². The second-order valence-corrected chi connectivity index (χ2v) is 8.73. The van der Waals surface area contributed by atoms with Crippen molar-refractivity contribution in [2.24, 2.45) is 0 Å². The molecule has 1 aliphatic rings. The number of rotatable bonds is 6. The predicted octanol–water partition coefficient (Wildman–Crippen LogP) is 3.36. The van der Waals surface area contributed by atoms with Crippen molar-refractivity contribution in [3.63, 3.8) is 0 Å². The Morgan fingerprint density at radius 3 is 2.65 bits per heavy atom. The van der Waals surface area contributed by atoms with Gasteiger partial charge in [0.2, 0.25) is 0 Å². The first-order valence-electron chi connectivity index (χ1n) is 11.5. The number of nitrogens with zero attached hydrogens (tertiary/aromatic N) is 3. The highest BCUT2D eigenvalue weighted by atomic mass is 19.2. The summed E-state index contributed by atoms with van der Waals surface area (Å²) in [7, 11) is 0. The summed E-state index contributed by atoms with van der Waals surface area (Å²) in [6.45, 7) is 1.69. The summed E-state index contributed by atoms with van der Waals surface area (Å²) in [4.78, 5) is 41.8. The van der Waals surface area contributed by atoms with Crippen LogP contribution in [0.15, 0.2) is 48.7 Å². The molecule has 2 amide bonds. The highest BCUT2D eigenvalue weighted by molar-refractivity contribution is 5.98. The molecule has 4 aromatic rings. The van der Waals surface area contributed by atoms with Crippen molar-refractivity contribution in [1.29, 1.82) is 0 Å². The van der Waals surface area contributed by atoms with Crippen LogP contribution in [0.25, 0.3) is 5.65 Å². The van der Waals surface area contributed by atoms with E-state index in [4.69, 9.17) is 0 Å². The molecule has 2 heterocycles. The Labute approximate surface area is 209 Å². The summed E-state index contributed by atoms with van der Waals surface area (Å²) >= 11 is 0. The number of amides is 2. The number of aromatic nitrogens is 3. The Bertz CT molecular complexity index is 1580. The van der Waals surface area contributed by atoms with E-state index in [1.165, 1.54) is 28.9 Å². The maximum absolute atomic E-state index is 13.5. The molecule has 2 aromatic carbocycles. The van der Waals surface area contributed by atoms with Crippen LogP contribution in [0.1, 0.15) is 66.1 Å². The van der Waals surface area contributed by atoms with Gasteiger partial charge in [-0.2, -0.15) is 5.10 Å². The number of carbonyl (C=O) groups excluding carboxylic acids is 2. The largest absolute Gasteiger partial charge is 0.478 e. The van der Waals surface area contributed by atoms with E-state index in [1.54, 1.807) is 19.1 Å². The van der Waals surface area contributed by atoms with Gasteiger partial charge in [0.25, 0.3) is 11.8 Å². The molecule has 2 aromatic heterocycles. The topological polar surface area (TPSA) is 126 Å². The Balaban J connectivity index is 1.37. The Hall–Kier alpha value is -4.67. The third-order valence-corrected chi connectivity index (χ3v) is 6.49. The Morgan fingerprint density at radius 1 is 1.08 bits per heavy atom. The highest BCUT2D eigenvalue weighted by Gasteiger charge is 2.28. The zero-order valence-electron chi connectivity index (χ0n) is 19.6. The quantitative estimate of drug-likeness (QED) is 0.369. The number of hydrogen-bond donors (Lipinski definition) is 3. The fourth-order valence-corrected chi connectivity index (χ4v) is 4.61. The summed E-state index contributed by atoms with van der Waals surface area (Å²) in [6.07, 6.45) is 2.67. The molecular weight excluding hydrogens is 484 g/mol. The molecule has 0 saturated heterocycles. The van der Waals surface area contributed by atoms with Crippen LogP contribution in [0.2, 0.25) is 0 Å². The molecule has 0 radical (unpaired) electrons. The van der Waals surface area contributed by atoms with Crippen LogP contribution in [0.5, 0.6) is 0 Å². The average Bonchev–Trinajstić information content (AvgIpc) is 3.51. The molecule has 11 heteroatoms. The number of fused-ring (bicyclic) bond motifs is 2. The lowest BCUT2D eigenvalue weighted by Crippen LogP contribution is -2.30. The standard InChI is InChI=1S/C26H21F2N5O4/c1-13-15-5-7-20(17(15)4-3-16(13)26(36)37)32-25(35)22-11-21(31-23-8-9-30-33(22)23)24(34)29-12-14-2-6-18(27)19(28)10-14/h2-4,6,8-11,20H,5,7,12H2,1H3,(H,29,34)(H,32,35)(H,36,37)/t20-/m0/s1. The lowest BCUT2D eigenvalue weighted by atomic mass is 9.98. The zero-order chi connectivity index (χ0) is 26.3. The fraction of sp³-hybridized carbons (Fsp3) is 0.192. The van der Waals surface area contributed by atoms with Crippen LogP contribution >= 0.6 is 0 Å². The molecule has 0 fully saturated rings. The van der Waals surface area contributed by atoms with Crippen molar-refractivity contribution in [2.45, 2.75) is 32.4 Å². The van der Waals surface area contributed by atoms with Gasteiger partial charge in [-0.05, 0) is 60.2 Å². The van der Waals surface area contributed by atoms with E-state index < -0.39 is 29.4 Å². The number of halogens is 2. The van der Waals surface area contributed by atoms with Crippen molar-refractivity contribution < 1.29 is 28.3 Å². The number of carboxylic acid groups (broad SMARTS) is 1. The molecule has 37 heavy (non-hydrogen) atoms. The van der Waals surface area contributed by atoms with Crippen LogP contribution in [0.4, 0.5) is 8.78 Å². The zero-order valence-corrected chi connectivity index (χ0v) is 19.6. The van der Waals surface area contributed by atoms with Crippen molar-refractivity contribution >= 4 is 23.4 Å². The van der Waals surface area contributed by atoms with Gasteiger partial charge in [-0.3, -0.25) is 9.59 Å². The van der Waals surface area contributed by atoms with Crippen LogP contribution in [0, 0.1) is 18.6 Å². The monoisotopic (exact) mass is 505 g/mol. The van der Waals surface area contributed by atoms with Gasteiger partial charge in [0, 0.05) is 18.7 Å². The number of aromatic carboxylic acids is 1. The third kappa shape index (κ3) is 4.51. The van der Waals surface area contributed by atoms with Crippen LogP contribution in [0.3, 0.4) is 0 Å². The summed E-state index contributed by atoms with van der Waals surface area (Å²) in [5.41, 5.74) is 3.34. The van der Waals surface area contributed by atoms with Crippen molar-refractivity contribution in [2.75, 3.05) is 0 Å². The van der Waals surface area contributed by atoms with Crippen LogP contribution in [-0.4, -0.2) is 37.5 Å². The molecular formula is C26H21F2N5O4. The van der Waals surface area contributed by atoms with Crippen LogP contribution < -0.4 is 10.6 Å². The molecule has 1 aliphatic carbocycles. The van der Waals surface area contributed by atoms with E-state index in [1.807, 2.05) is 0 Å². The molecule has 9 nitrogen and oxygen atoms in total. The average molecular weight is 505 g/mol. The van der Waals surface area contributed by atoms with Gasteiger partial charge < -0.3 is 15.7 Å². The molecule has 0 aliphatic heterocycles. The Kier molecular flexibility index (Phi) is 6.12. The van der Waals surface area contributed by atoms with Crippen molar-refractivity contribution in [3.05, 3.63) is 99.5 Å². The lowest BCUT2D eigenvalue weighted by Gasteiger charge is -2.16. The number of carboxylic acids is 1. The first-order chi connectivity index (χ1) is 17.7. The van der Waals surface area contributed by atoms with Crippen molar-refractivity contribution in [1.82, 2.24) is 25.2 Å². The number of benzene rings is 2. The maximum Gasteiger partial charge on any atom is 0.335 e. The van der Waals surface area contributed by atoms with Crippen molar-refractivity contribution in [3.8, 4) is 0 Å². The number of hydrogen-bond acceptors (Lipinski definition) is 5. The summed E-state index contributed by atoms with van der Waals surface area (Å²) in [5.74, 6) is -4.09. The van der Waals surface area contributed by atoms with Gasteiger partial charge in [-0.1, -0.05) is 12.1 Å². The summed E-state index contributed by atoms with van der Waals surface area (Å²) in [5, 5.41) is 19.1. The van der Waals surface area contributed by atoms with Gasteiger partial charge >= 0.3 is 5.97 Å². The predicted molar refractivity (Wildman–Crippen MR) is 127 cm³/mol. The van der Waals surface area contributed by atoms with Crippen LogP contribution in [-0.2, 0) is 13.0 Å². The van der Waals surface area contributed by atoms with E-state index in [0.717, 1.165) is 23.3 Å². The van der Waals surface area contributed by atoms with E-state index >= 15 is 0 Å². The molecule has 3 N–H and O–H groups in total. The molecule has 0 unspecified atom stereocenters. The van der Waals surface area contributed by atoms with E-state index in [2.05, 4.69) is 20.7 Å². The third-order valence-electron chi connectivity index (χ3n) is 6.49. The maximum atomic E-state index is 13.5. The summed E-state index contributed by atoms with van der Waals surface area (Å²) < 4.78 is 27.9. The number of carbonyl (C=O) groups is 3. The lowest BCUT2D eigenvalue weighted by molar-refractivity contribution is 0.0695. The minimum atomic E-state index is -1.02. The summed E-state index contributed by atoms with van der Waals surface area (Å²) in [6, 6.07) is 9.09. The van der Waals surface area contributed by atoms with Gasteiger partial charge in [-0.25, -0.2) is 23.1 Å². The minimum absolute atomic E-state index is 0.0468. The van der Waals surface area contributed by atoms with E-state index in [0.29, 0.717) is 24.0 Å². The highest BCUT2D eigenvalue weighted by Crippen LogP contribution is 2.35. The Morgan fingerprint density at radius 2 is 1.89 bits per heavy atom. The van der Waals surface area contributed by atoms with Gasteiger partial charge in [0.1, 0.15) is 11.4 Å². The first kappa shape index (κ1) is 24.0. The molecule has 5 rings (SSSR count). The number of nitrogens with one attached hydrogen (secondary N) is 2. The smallest absolute Gasteiger partial charge is 0.335 e. The minimum Gasteiger partial charge on any atom is -0.478 e. The molecule has 188 valence electrons. The van der Waals surface area contributed by atoms with Gasteiger partial charge in [0.15, 0.2) is 17.3 Å².